The van der Waals surface area contributed by atoms with E-state index in [1.165, 1.54) is 0 Å². The maximum Gasteiger partial charge on any atom is 0.240 e. The summed E-state index contributed by atoms with van der Waals surface area (Å²) in [7, 11) is -3.52. The highest BCUT2D eigenvalue weighted by Crippen LogP contribution is 2.13. The van der Waals surface area contributed by atoms with E-state index in [2.05, 4.69) is 4.72 Å². The molecule has 6 heteroatoms. The molecule has 2 aromatic rings. The van der Waals surface area contributed by atoms with E-state index in [1.807, 2.05) is 19.1 Å². The third-order valence-electron chi connectivity index (χ3n) is 3.20. The van der Waals surface area contributed by atoms with Gasteiger partial charge in [-0.2, -0.15) is 0 Å². The standard InChI is InChI=1S/C15H20N2O3S/c1-12(7-8-14-5-3-9-20-14)17-21(18,19)15-6-2-4-13(10-15)11-16/h2-6,9-10,12,17H,7-8,11,16H2,1H3. The van der Waals surface area contributed by atoms with Crippen molar-refractivity contribution in [2.75, 3.05) is 0 Å². The number of rotatable bonds is 7. The molecule has 0 aliphatic carbocycles. The smallest absolute Gasteiger partial charge is 0.240 e. The highest BCUT2D eigenvalue weighted by atomic mass is 32.2. The van der Waals surface area contributed by atoms with Gasteiger partial charge in [-0.3, -0.25) is 0 Å². The van der Waals surface area contributed by atoms with Crippen molar-refractivity contribution >= 4 is 10.0 Å². The first-order valence-electron chi connectivity index (χ1n) is 6.85. The summed E-state index contributed by atoms with van der Waals surface area (Å²) in [5.74, 6) is 0.853. The fourth-order valence-electron chi connectivity index (χ4n) is 2.05. The summed E-state index contributed by atoms with van der Waals surface area (Å²) in [5.41, 5.74) is 6.33. The first-order valence-corrected chi connectivity index (χ1v) is 8.33. The Morgan fingerprint density at radius 2 is 2.10 bits per heavy atom. The zero-order chi connectivity index (χ0) is 15.3. The van der Waals surface area contributed by atoms with E-state index >= 15 is 0 Å². The van der Waals surface area contributed by atoms with Crippen LogP contribution in [0.1, 0.15) is 24.7 Å². The molecular weight excluding hydrogens is 288 g/mol. The molecule has 0 bridgehead atoms. The van der Waals surface area contributed by atoms with Crippen LogP contribution < -0.4 is 10.5 Å². The topological polar surface area (TPSA) is 85.3 Å². The molecule has 1 heterocycles. The fourth-order valence-corrected chi connectivity index (χ4v) is 3.39. The Morgan fingerprint density at radius 1 is 1.29 bits per heavy atom. The lowest BCUT2D eigenvalue weighted by Gasteiger charge is -2.14. The van der Waals surface area contributed by atoms with Gasteiger partial charge in [0.05, 0.1) is 11.2 Å². The van der Waals surface area contributed by atoms with Crippen LogP contribution in [-0.2, 0) is 23.0 Å². The summed E-state index contributed by atoms with van der Waals surface area (Å²) in [5, 5.41) is 0. The Bertz CT molecular complexity index is 666. The number of sulfonamides is 1. The second-order valence-electron chi connectivity index (χ2n) is 4.99. The molecular formula is C15H20N2O3S. The van der Waals surface area contributed by atoms with Gasteiger partial charge in [-0.25, -0.2) is 13.1 Å². The monoisotopic (exact) mass is 308 g/mol. The summed E-state index contributed by atoms with van der Waals surface area (Å²) in [6.07, 6.45) is 2.98. The van der Waals surface area contributed by atoms with Gasteiger partial charge in [0.2, 0.25) is 10.0 Å². The van der Waals surface area contributed by atoms with E-state index < -0.39 is 10.0 Å². The van der Waals surface area contributed by atoms with Crippen molar-refractivity contribution in [2.24, 2.45) is 5.73 Å². The minimum Gasteiger partial charge on any atom is -0.469 e. The minimum atomic E-state index is -3.52. The van der Waals surface area contributed by atoms with Crippen LogP contribution in [0.3, 0.4) is 0 Å². The Labute approximate surface area is 125 Å². The summed E-state index contributed by atoms with van der Waals surface area (Å²) < 4.78 is 32.5. The Hall–Kier alpha value is -1.63. The number of aryl methyl sites for hydroxylation is 1. The summed E-state index contributed by atoms with van der Waals surface area (Å²) in [4.78, 5) is 0.246. The predicted molar refractivity (Wildman–Crippen MR) is 81.1 cm³/mol. The number of benzene rings is 1. The van der Waals surface area contributed by atoms with Gasteiger partial charge in [0.15, 0.2) is 0 Å². The second kappa shape index (κ2) is 6.89. The summed E-state index contributed by atoms with van der Waals surface area (Å²) in [6.45, 7) is 2.16. The lowest BCUT2D eigenvalue weighted by Crippen LogP contribution is -2.33. The maximum absolute atomic E-state index is 12.3. The molecule has 0 amide bonds. The van der Waals surface area contributed by atoms with Crippen LogP contribution in [0.25, 0.3) is 0 Å². The molecule has 1 aromatic carbocycles. The predicted octanol–water partition coefficient (Wildman–Crippen LogP) is 2.04. The molecule has 0 fully saturated rings. The molecule has 114 valence electrons. The zero-order valence-electron chi connectivity index (χ0n) is 12.0. The number of nitrogens with one attached hydrogen (secondary N) is 1. The van der Waals surface area contributed by atoms with E-state index in [1.54, 1.807) is 30.5 Å². The SMILES string of the molecule is CC(CCc1ccco1)NS(=O)(=O)c1cccc(CN)c1. The largest absolute Gasteiger partial charge is 0.469 e. The van der Waals surface area contributed by atoms with Crippen molar-refractivity contribution in [3.05, 3.63) is 54.0 Å². The van der Waals surface area contributed by atoms with E-state index in [-0.39, 0.29) is 10.9 Å². The molecule has 0 aliphatic rings. The Morgan fingerprint density at radius 3 is 2.76 bits per heavy atom. The van der Waals surface area contributed by atoms with Crippen molar-refractivity contribution in [3.63, 3.8) is 0 Å². The highest BCUT2D eigenvalue weighted by molar-refractivity contribution is 7.89. The van der Waals surface area contributed by atoms with Crippen molar-refractivity contribution in [2.45, 2.75) is 37.2 Å². The van der Waals surface area contributed by atoms with E-state index in [9.17, 15) is 8.42 Å². The van der Waals surface area contributed by atoms with E-state index in [0.717, 1.165) is 11.3 Å². The van der Waals surface area contributed by atoms with Crippen molar-refractivity contribution < 1.29 is 12.8 Å². The molecule has 1 atom stereocenters. The van der Waals surface area contributed by atoms with Gasteiger partial charge in [0.25, 0.3) is 0 Å². The van der Waals surface area contributed by atoms with Crippen LogP contribution in [0, 0.1) is 0 Å². The van der Waals surface area contributed by atoms with Gasteiger partial charge in [-0.1, -0.05) is 12.1 Å². The average Bonchev–Trinajstić information content (AvgIpc) is 2.98. The number of furan rings is 1. The van der Waals surface area contributed by atoms with Gasteiger partial charge in [0.1, 0.15) is 5.76 Å². The molecule has 0 saturated carbocycles. The highest BCUT2D eigenvalue weighted by Gasteiger charge is 2.17. The van der Waals surface area contributed by atoms with Gasteiger partial charge < -0.3 is 10.2 Å². The summed E-state index contributed by atoms with van der Waals surface area (Å²) in [6, 6.07) is 10.2. The number of hydrogen-bond acceptors (Lipinski definition) is 4. The Kier molecular flexibility index (Phi) is 5.17. The van der Waals surface area contributed by atoms with Crippen LogP contribution in [-0.4, -0.2) is 14.5 Å². The molecule has 5 nitrogen and oxygen atoms in total. The van der Waals surface area contributed by atoms with Gasteiger partial charge in [-0.05, 0) is 43.2 Å². The Balaban J connectivity index is 1.99. The molecule has 1 aromatic heterocycles. The van der Waals surface area contributed by atoms with Crippen molar-refractivity contribution in [1.82, 2.24) is 4.72 Å². The second-order valence-corrected chi connectivity index (χ2v) is 6.71. The fraction of sp³-hybridized carbons (Fsp3) is 0.333. The van der Waals surface area contributed by atoms with E-state index in [0.29, 0.717) is 19.4 Å². The van der Waals surface area contributed by atoms with Crippen LogP contribution in [0.5, 0.6) is 0 Å². The van der Waals surface area contributed by atoms with Gasteiger partial charge >= 0.3 is 0 Å². The van der Waals surface area contributed by atoms with Gasteiger partial charge in [-0.15, -0.1) is 0 Å². The quantitative estimate of drug-likeness (QED) is 0.819. The van der Waals surface area contributed by atoms with Crippen LogP contribution in [0.15, 0.2) is 52.0 Å². The molecule has 0 saturated heterocycles. The minimum absolute atomic E-state index is 0.179. The number of nitrogens with two attached hydrogens (primary N) is 1. The number of hydrogen-bond donors (Lipinski definition) is 2. The third kappa shape index (κ3) is 4.42. The van der Waals surface area contributed by atoms with Gasteiger partial charge in [0, 0.05) is 19.0 Å². The summed E-state index contributed by atoms with van der Waals surface area (Å²) >= 11 is 0. The normalized spacial score (nSPS) is 13.2. The molecule has 3 N–H and O–H groups in total. The molecule has 21 heavy (non-hydrogen) atoms. The van der Waals surface area contributed by atoms with Crippen LogP contribution >= 0.6 is 0 Å². The van der Waals surface area contributed by atoms with Crippen LogP contribution in [0.2, 0.25) is 0 Å². The first kappa shape index (κ1) is 15.8. The van der Waals surface area contributed by atoms with Crippen LogP contribution in [0.4, 0.5) is 0 Å². The van der Waals surface area contributed by atoms with Crippen molar-refractivity contribution in [3.8, 4) is 0 Å². The first-order chi connectivity index (χ1) is 10.0. The molecule has 1 unspecified atom stereocenters. The molecule has 2 rings (SSSR count). The average molecular weight is 308 g/mol. The maximum atomic E-state index is 12.3. The van der Waals surface area contributed by atoms with Crippen molar-refractivity contribution in [1.29, 1.82) is 0 Å². The molecule has 0 aliphatic heterocycles. The molecule has 0 radical (unpaired) electrons. The molecule has 0 spiro atoms. The zero-order valence-corrected chi connectivity index (χ0v) is 12.8. The lowest BCUT2D eigenvalue weighted by atomic mass is 10.2. The lowest BCUT2D eigenvalue weighted by molar-refractivity contribution is 0.480. The van der Waals surface area contributed by atoms with E-state index in [4.69, 9.17) is 10.2 Å². The third-order valence-corrected chi connectivity index (χ3v) is 4.79.